The van der Waals surface area contributed by atoms with Gasteiger partial charge in [-0.3, -0.25) is 4.79 Å². The van der Waals surface area contributed by atoms with Gasteiger partial charge < -0.3 is 14.9 Å². The van der Waals surface area contributed by atoms with Crippen LogP contribution in [0.1, 0.15) is 35.1 Å². The molecule has 0 amide bonds. The van der Waals surface area contributed by atoms with Crippen LogP contribution in [0, 0.1) is 0 Å². The first-order valence-corrected chi connectivity index (χ1v) is 5.70. The normalized spacial score (nSPS) is 17.6. The molecule has 1 aromatic heterocycles. The number of carbonyl (C=O) groups excluding carboxylic acids is 1. The van der Waals surface area contributed by atoms with Crippen molar-refractivity contribution < 1.29 is 13.9 Å². The Morgan fingerprint density at radius 1 is 1.50 bits per heavy atom. The van der Waals surface area contributed by atoms with E-state index in [1.165, 1.54) is 0 Å². The van der Waals surface area contributed by atoms with Crippen molar-refractivity contribution in [2.75, 3.05) is 19.8 Å². The smallest absolute Gasteiger partial charge is 0.211 e. The van der Waals surface area contributed by atoms with Gasteiger partial charge in [-0.2, -0.15) is 0 Å². The van der Waals surface area contributed by atoms with Crippen molar-refractivity contribution in [2.24, 2.45) is 5.73 Å². The fourth-order valence-corrected chi connectivity index (χ4v) is 2.15. The fraction of sp³-hybridized carbons (Fsp3) is 0.545. The number of ketones is 1. The summed E-state index contributed by atoms with van der Waals surface area (Å²) in [7, 11) is 0. The maximum atomic E-state index is 11.4. The summed E-state index contributed by atoms with van der Waals surface area (Å²) in [5.41, 5.74) is 5.27. The van der Waals surface area contributed by atoms with E-state index in [1.54, 1.807) is 6.07 Å². The monoisotopic (exact) mass is 243 g/mol. The fourth-order valence-electron chi connectivity index (χ4n) is 1.86. The molecule has 0 unspecified atom stereocenters. The highest BCUT2D eigenvalue weighted by Crippen LogP contribution is 2.34. The van der Waals surface area contributed by atoms with Crippen molar-refractivity contribution in [1.29, 1.82) is 0 Å². The Morgan fingerprint density at radius 2 is 2.19 bits per heavy atom. The molecule has 88 valence electrons. The lowest BCUT2D eigenvalue weighted by molar-refractivity contribution is 0.0798. The summed E-state index contributed by atoms with van der Waals surface area (Å²) < 4.78 is 10.8. The molecule has 1 aliphatic heterocycles. The lowest BCUT2D eigenvalue weighted by Gasteiger charge is -2.20. The van der Waals surface area contributed by atoms with Gasteiger partial charge in [-0.1, -0.05) is 11.6 Å². The van der Waals surface area contributed by atoms with Crippen LogP contribution < -0.4 is 5.73 Å². The molecule has 0 atom stereocenters. The Morgan fingerprint density at radius 3 is 2.81 bits per heavy atom. The summed E-state index contributed by atoms with van der Waals surface area (Å²) in [5.74, 6) is 0.983. The Kier molecular flexibility index (Phi) is 3.63. The van der Waals surface area contributed by atoms with Gasteiger partial charge in [0.1, 0.15) is 5.76 Å². The van der Waals surface area contributed by atoms with Crippen LogP contribution in [0.15, 0.2) is 10.5 Å². The molecule has 0 aromatic carbocycles. The lowest BCUT2D eigenvalue weighted by atomic mass is 9.98. The SMILES string of the molecule is NCC(=O)c1cc(Cl)c(C2CCOCC2)o1. The molecule has 0 bridgehead atoms. The minimum absolute atomic E-state index is 0.0585. The highest BCUT2D eigenvalue weighted by molar-refractivity contribution is 6.31. The molecule has 2 N–H and O–H groups in total. The van der Waals surface area contributed by atoms with Crippen LogP contribution in [0.4, 0.5) is 0 Å². The second-order valence-electron chi connectivity index (χ2n) is 3.84. The van der Waals surface area contributed by atoms with Gasteiger partial charge in [0, 0.05) is 25.2 Å². The molecule has 4 nitrogen and oxygen atoms in total. The van der Waals surface area contributed by atoms with Crippen molar-refractivity contribution in [3.05, 3.63) is 22.6 Å². The first kappa shape index (κ1) is 11.6. The summed E-state index contributed by atoms with van der Waals surface area (Å²) in [6.07, 6.45) is 1.76. The summed E-state index contributed by atoms with van der Waals surface area (Å²) in [6.45, 7) is 1.36. The average Bonchev–Trinajstić information content (AvgIpc) is 2.71. The number of rotatable bonds is 3. The Hall–Kier alpha value is -0.840. The summed E-state index contributed by atoms with van der Waals surface area (Å²) in [6, 6.07) is 1.56. The molecule has 1 saturated heterocycles. The van der Waals surface area contributed by atoms with E-state index >= 15 is 0 Å². The lowest BCUT2D eigenvalue weighted by Crippen LogP contribution is -2.14. The maximum absolute atomic E-state index is 11.4. The summed E-state index contributed by atoms with van der Waals surface area (Å²) >= 11 is 6.05. The Bertz CT molecular complexity index is 383. The zero-order valence-corrected chi connectivity index (χ0v) is 9.63. The number of ether oxygens (including phenoxy) is 1. The molecule has 5 heteroatoms. The summed E-state index contributed by atoms with van der Waals surface area (Å²) in [4.78, 5) is 11.4. The summed E-state index contributed by atoms with van der Waals surface area (Å²) in [5, 5.41) is 0.517. The van der Waals surface area contributed by atoms with Crippen LogP contribution in [-0.4, -0.2) is 25.5 Å². The van der Waals surface area contributed by atoms with Gasteiger partial charge in [0.15, 0.2) is 5.76 Å². The van der Waals surface area contributed by atoms with Gasteiger partial charge in [0.25, 0.3) is 0 Å². The van der Waals surface area contributed by atoms with Crippen LogP contribution in [0.2, 0.25) is 5.02 Å². The van der Waals surface area contributed by atoms with Crippen molar-refractivity contribution in [2.45, 2.75) is 18.8 Å². The number of nitrogens with two attached hydrogens (primary N) is 1. The van der Waals surface area contributed by atoms with Gasteiger partial charge in [0.05, 0.1) is 11.6 Å². The standard InChI is InChI=1S/C11H14ClNO3/c12-8-5-10(9(14)6-13)16-11(8)7-1-3-15-4-2-7/h5,7H,1-4,6,13H2. The third-order valence-corrected chi connectivity index (χ3v) is 3.06. The van der Waals surface area contributed by atoms with Crippen LogP contribution >= 0.6 is 11.6 Å². The molecular formula is C11H14ClNO3. The molecule has 16 heavy (non-hydrogen) atoms. The number of carbonyl (C=O) groups is 1. The number of hydrogen-bond donors (Lipinski definition) is 1. The molecular weight excluding hydrogens is 230 g/mol. The molecule has 1 aliphatic rings. The first-order valence-electron chi connectivity index (χ1n) is 5.32. The molecule has 2 heterocycles. The number of furan rings is 1. The minimum atomic E-state index is -0.222. The van der Waals surface area contributed by atoms with E-state index in [4.69, 9.17) is 26.5 Å². The predicted octanol–water partition coefficient (Wildman–Crippen LogP) is 1.97. The molecule has 1 fully saturated rings. The quantitative estimate of drug-likeness (QED) is 0.825. The maximum Gasteiger partial charge on any atom is 0.211 e. The highest BCUT2D eigenvalue weighted by atomic mass is 35.5. The molecule has 2 rings (SSSR count). The van der Waals surface area contributed by atoms with Crippen molar-refractivity contribution in [3.8, 4) is 0 Å². The third kappa shape index (κ3) is 2.29. The van der Waals surface area contributed by atoms with Gasteiger partial charge >= 0.3 is 0 Å². The molecule has 1 aromatic rings. The third-order valence-electron chi connectivity index (χ3n) is 2.77. The van der Waals surface area contributed by atoms with Gasteiger partial charge in [-0.15, -0.1) is 0 Å². The average molecular weight is 244 g/mol. The van der Waals surface area contributed by atoms with Crippen molar-refractivity contribution in [1.82, 2.24) is 0 Å². The molecule has 0 saturated carbocycles. The second-order valence-corrected chi connectivity index (χ2v) is 4.24. The van der Waals surface area contributed by atoms with Gasteiger partial charge in [0.2, 0.25) is 5.78 Å². The van der Waals surface area contributed by atoms with Crippen LogP contribution in [0.25, 0.3) is 0 Å². The van der Waals surface area contributed by atoms with E-state index < -0.39 is 0 Å². The first-order chi connectivity index (χ1) is 7.72. The van der Waals surface area contributed by atoms with Gasteiger partial charge in [-0.25, -0.2) is 0 Å². The molecule has 0 spiro atoms. The Labute approximate surface area is 98.7 Å². The predicted molar refractivity (Wildman–Crippen MR) is 59.9 cm³/mol. The highest BCUT2D eigenvalue weighted by Gasteiger charge is 2.24. The van der Waals surface area contributed by atoms with Crippen LogP contribution in [0.3, 0.4) is 0 Å². The molecule has 0 aliphatic carbocycles. The second kappa shape index (κ2) is 4.99. The van der Waals surface area contributed by atoms with E-state index in [-0.39, 0.29) is 24.0 Å². The van der Waals surface area contributed by atoms with Crippen molar-refractivity contribution in [3.63, 3.8) is 0 Å². The number of hydrogen-bond acceptors (Lipinski definition) is 4. The van der Waals surface area contributed by atoms with Crippen LogP contribution in [0.5, 0.6) is 0 Å². The zero-order valence-electron chi connectivity index (χ0n) is 8.87. The van der Waals surface area contributed by atoms with E-state index in [9.17, 15) is 4.79 Å². The van der Waals surface area contributed by atoms with Crippen molar-refractivity contribution >= 4 is 17.4 Å². The van der Waals surface area contributed by atoms with E-state index in [1.807, 2.05) is 0 Å². The number of Topliss-reactive ketones (excluding diaryl/α,β-unsaturated/α-hetero) is 1. The largest absolute Gasteiger partial charge is 0.456 e. The zero-order chi connectivity index (χ0) is 11.5. The van der Waals surface area contributed by atoms with E-state index in [0.29, 0.717) is 24.0 Å². The van der Waals surface area contributed by atoms with E-state index in [2.05, 4.69) is 0 Å². The van der Waals surface area contributed by atoms with Gasteiger partial charge in [-0.05, 0) is 12.8 Å². The minimum Gasteiger partial charge on any atom is -0.456 e. The van der Waals surface area contributed by atoms with Crippen LogP contribution in [-0.2, 0) is 4.74 Å². The van der Waals surface area contributed by atoms with E-state index in [0.717, 1.165) is 12.8 Å². The topological polar surface area (TPSA) is 65.5 Å². The molecule has 0 radical (unpaired) electrons. The number of halogens is 1. The Balaban J connectivity index is 2.20.